The van der Waals surface area contributed by atoms with Crippen LogP contribution in [0.25, 0.3) is 0 Å². The molecule has 3 N–H and O–H groups in total. The largest absolute Gasteiger partial charge is 0.394 e. The van der Waals surface area contributed by atoms with Gasteiger partial charge in [0.15, 0.2) is 0 Å². The number of aliphatic hydroxyl groups is 1. The summed E-state index contributed by atoms with van der Waals surface area (Å²) in [6.07, 6.45) is 2.62. The van der Waals surface area contributed by atoms with Crippen molar-refractivity contribution in [2.75, 3.05) is 18.1 Å². The van der Waals surface area contributed by atoms with Crippen LogP contribution in [-0.2, 0) is 0 Å². The summed E-state index contributed by atoms with van der Waals surface area (Å²) in [5, 5.41) is 9.41. The molecule has 1 saturated heterocycles. The first-order valence-corrected chi connectivity index (χ1v) is 5.77. The average Bonchev–Trinajstić information content (AvgIpc) is 2.70. The van der Waals surface area contributed by atoms with Crippen molar-refractivity contribution in [2.24, 2.45) is 11.7 Å². The molecule has 0 aliphatic carbocycles. The molecule has 1 aromatic heterocycles. The van der Waals surface area contributed by atoms with Crippen LogP contribution in [0.1, 0.15) is 23.7 Å². The van der Waals surface area contributed by atoms with Gasteiger partial charge in [0.2, 0.25) is 0 Å². The average molecular weight is 235 g/mol. The number of pyridine rings is 1. The molecule has 5 nitrogen and oxygen atoms in total. The van der Waals surface area contributed by atoms with Crippen LogP contribution in [0.4, 0.5) is 5.82 Å². The molecule has 1 fully saturated rings. The number of nitrogens with two attached hydrogens (primary N) is 1. The molecule has 2 rings (SSSR count). The topological polar surface area (TPSA) is 79.5 Å². The van der Waals surface area contributed by atoms with E-state index >= 15 is 0 Å². The lowest BCUT2D eigenvalue weighted by atomic mass is 10.0. The van der Waals surface area contributed by atoms with Crippen molar-refractivity contribution < 1.29 is 9.90 Å². The maximum atomic E-state index is 11.3. The highest BCUT2D eigenvalue weighted by Gasteiger charge is 2.33. The Kier molecular flexibility index (Phi) is 3.28. The number of hydrogen-bond donors (Lipinski definition) is 2. The van der Waals surface area contributed by atoms with E-state index in [1.807, 2.05) is 4.90 Å². The van der Waals surface area contributed by atoms with Gasteiger partial charge in [-0.1, -0.05) is 6.92 Å². The molecule has 5 heteroatoms. The molecular weight excluding hydrogens is 218 g/mol. The molecule has 92 valence electrons. The van der Waals surface area contributed by atoms with Crippen LogP contribution in [0.2, 0.25) is 0 Å². The zero-order chi connectivity index (χ0) is 12.4. The Morgan fingerprint density at radius 2 is 2.47 bits per heavy atom. The van der Waals surface area contributed by atoms with E-state index in [-0.39, 0.29) is 12.6 Å². The van der Waals surface area contributed by atoms with Crippen molar-refractivity contribution in [1.82, 2.24) is 4.98 Å². The minimum Gasteiger partial charge on any atom is -0.394 e. The normalized spacial score (nSPS) is 24.0. The second-order valence-electron chi connectivity index (χ2n) is 4.45. The zero-order valence-electron chi connectivity index (χ0n) is 9.84. The lowest BCUT2D eigenvalue weighted by Gasteiger charge is -2.27. The molecule has 2 unspecified atom stereocenters. The van der Waals surface area contributed by atoms with Crippen molar-refractivity contribution in [3.63, 3.8) is 0 Å². The highest BCUT2D eigenvalue weighted by Crippen LogP contribution is 2.29. The lowest BCUT2D eigenvalue weighted by molar-refractivity contribution is 0.1000. The van der Waals surface area contributed by atoms with Gasteiger partial charge in [-0.25, -0.2) is 4.98 Å². The summed E-state index contributed by atoms with van der Waals surface area (Å²) in [5.74, 6) is 0.496. The van der Waals surface area contributed by atoms with E-state index in [1.165, 1.54) is 0 Å². The first kappa shape index (κ1) is 11.9. The fraction of sp³-hybridized carbons (Fsp3) is 0.500. The second kappa shape index (κ2) is 4.71. The van der Waals surface area contributed by atoms with Gasteiger partial charge in [-0.15, -0.1) is 0 Å². The highest BCUT2D eigenvalue weighted by atomic mass is 16.3. The third kappa shape index (κ3) is 2.10. The molecule has 0 radical (unpaired) electrons. The number of hydrogen-bond acceptors (Lipinski definition) is 4. The predicted molar refractivity (Wildman–Crippen MR) is 64.8 cm³/mol. The SMILES string of the molecule is CC1CCN(c2ncccc2C(N)=O)C1CO. The number of amides is 1. The standard InChI is InChI=1S/C12H17N3O2/c1-8-4-6-15(10(8)7-16)12-9(11(13)17)3-2-5-14-12/h2-3,5,8,10,16H,4,6-7H2,1H3,(H2,13,17). The molecule has 1 aliphatic heterocycles. The van der Waals surface area contributed by atoms with E-state index in [9.17, 15) is 9.90 Å². The number of nitrogens with zero attached hydrogens (tertiary/aromatic N) is 2. The van der Waals surface area contributed by atoms with Gasteiger partial charge in [-0.3, -0.25) is 4.79 Å². The molecule has 0 saturated carbocycles. The number of aromatic nitrogens is 1. The van der Waals surface area contributed by atoms with Crippen molar-refractivity contribution >= 4 is 11.7 Å². The van der Waals surface area contributed by atoms with E-state index in [4.69, 9.17) is 5.73 Å². The van der Waals surface area contributed by atoms with Gasteiger partial charge < -0.3 is 15.7 Å². The number of carbonyl (C=O) groups excluding carboxylic acids is 1. The Balaban J connectivity index is 2.37. The van der Waals surface area contributed by atoms with Crippen LogP contribution in [0.15, 0.2) is 18.3 Å². The van der Waals surface area contributed by atoms with E-state index in [0.717, 1.165) is 13.0 Å². The highest BCUT2D eigenvalue weighted by molar-refractivity contribution is 5.97. The van der Waals surface area contributed by atoms with Gasteiger partial charge >= 0.3 is 0 Å². The maximum Gasteiger partial charge on any atom is 0.252 e. The number of anilines is 1. The minimum atomic E-state index is -0.482. The Bertz CT molecular complexity index is 422. The Hall–Kier alpha value is -1.62. The van der Waals surface area contributed by atoms with Gasteiger partial charge in [0.05, 0.1) is 18.2 Å². The smallest absolute Gasteiger partial charge is 0.252 e. The maximum absolute atomic E-state index is 11.3. The first-order valence-electron chi connectivity index (χ1n) is 5.77. The third-order valence-corrected chi connectivity index (χ3v) is 3.39. The van der Waals surface area contributed by atoms with Gasteiger partial charge in [0.25, 0.3) is 5.91 Å². The molecule has 2 heterocycles. The number of aliphatic hydroxyl groups excluding tert-OH is 1. The summed E-state index contributed by atoms with van der Waals surface area (Å²) >= 11 is 0. The van der Waals surface area contributed by atoms with E-state index in [1.54, 1.807) is 18.3 Å². The van der Waals surface area contributed by atoms with Crippen LogP contribution in [-0.4, -0.2) is 35.2 Å². The monoisotopic (exact) mass is 235 g/mol. The quantitative estimate of drug-likeness (QED) is 0.794. The zero-order valence-corrected chi connectivity index (χ0v) is 9.84. The Labute approximate surface area is 100 Å². The summed E-state index contributed by atoms with van der Waals surface area (Å²) in [6.45, 7) is 2.95. The van der Waals surface area contributed by atoms with E-state index < -0.39 is 5.91 Å². The number of primary amides is 1. The molecule has 0 aromatic carbocycles. The summed E-state index contributed by atoms with van der Waals surface area (Å²) in [4.78, 5) is 17.6. The van der Waals surface area contributed by atoms with Crippen LogP contribution < -0.4 is 10.6 Å². The summed E-state index contributed by atoms with van der Waals surface area (Å²) in [7, 11) is 0. The van der Waals surface area contributed by atoms with Gasteiger partial charge in [-0.05, 0) is 24.5 Å². The molecule has 2 atom stereocenters. The van der Waals surface area contributed by atoms with E-state index in [0.29, 0.717) is 17.3 Å². The lowest BCUT2D eigenvalue weighted by Crippen LogP contribution is -2.37. The van der Waals surface area contributed by atoms with E-state index in [2.05, 4.69) is 11.9 Å². The molecule has 0 bridgehead atoms. The first-order chi connectivity index (χ1) is 8.15. The molecule has 1 aliphatic rings. The van der Waals surface area contributed by atoms with Gasteiger partial charge in [0.1, 0.15) is 5.82 Å². The Morgan fingerprint density at radius 3 is 3.12 bits per heavy atom. The minimum absolute atomic E-state index is 0.0167. The van der Waals surface area contributed by atoms with Crippen LogP contribution in [0.5, 0.6) is 0 Å². The molecule has 1 amide bonds. The van der Waals surface area contributed by atoms with Crippen molar-refractivity contribution in [2.45, 2.75) is 19.4 Å². The van der Waals surface area contributed by atoms with Crippen LogP contribution >= 0.6 is 0 Å². The van der Waals surface area contributed by atoms with Gasteiger partial charge in [-0.2, -0.15) is 0 Å². The van der Waals surface area contributed by atoms with Crippen molar-refractivity contribution in [1.29, 1.82) is 0 Å². The molecule has 17 heavy (non-hydrogen) atoms. The summed E-state index contributed by atoms with van der Waals surface area (Å²) in [6, 6.07) is 3.38. The third-order valence-electron chi connectivity index (χ3n) is 3.39. The molecule has 1 aromatic rings. The van der Waals surface area contributed by atoms with Crippen molar-refractivity contribution in [3.8, 4) is 0 Å². The van der Waals surface area contributed by atoms with Gasteiger partial charge in [0, 0.05) is 12.7 Å². The number of carbonyl (C=O) groups is 1. The summed E-state index contributed by atoms with van der Waals surface area (Å²) in [5.41, 5.74) is 5.75. The molecular formula is C12H17N3O2. The fourth-order valence-corrected chi connectivity index (χ4v) is 2.37. The molecule has 0 spiro atoms. The second-order valence-corrected chi connectivity index (χ2v) is 4.45. The fourth-order valence-electron chi connectivity index (χ4n) is 2.37. The summed E-state index contributed by atoms with van der Waals surface area (Å²) < 4.78 is 0. The number of rotatable bonds is 3. The predicted octanol–water partition coefficient (Wildman–Crippen LogP) is 0.388. The van der Waals surface area contributed by atoms with Crippen LogP contribution in [0.3, 0.4) is 0 Å². The van der Waals surface area contributed by atoms with Crippen molar-refractivity contribution in [3.05, 3.63) is 23.9 Å². The van der Waals surface area contributed by atoms with Crippen LogP contribution in [0, 0.1) is 5.92 Å². The Morgan fingerprint density at radius 1 is 1.71 bits per heavy atom.